The van der Waals surface area contributed by atoms with E-state index in [2.05, 4.69) is 67.6 Å². The van der Waals surface area contributed by atoms with Gasteiger partial charge in [0.25, 0.3) is 0 Å². The van der Waals surface area contributed by atoms with E-state index in [-0.39, 0.29) is 12.1 Å². The number of esters is 1. The standard InChI is InChI=1S/C30H36O3/c1-4-5-6-7-8-9-14-30(31)33-23(2)24-15-17-25(18-16-24)28-12-10-11-13-29(28)26-19-21-27(32-3)22-20-26/h10-13,15-23H,4-9,14H2,1-3H3. The SMILES string of the molecule is CCCCCCCCC(=O)OC(C)c1ccc(-c2ccccc2-c2ccc(OC)cc2)cc1. The lowest BCUT2D eigenvalue weighted by atomic mass is 9.94. The third-order valence-corrected chi connectivity index (χ3v) is 6.06. The largest absolute Gasteiger partial charge is 0.497 e. The highest BCUT2D eigenvalue weighted by Crippen LogP contribution is 2.33. The number of hydrogen-bond donors (Lipinski definition) is 0. The van der Waals surface area contributed by atoms with E-state index in [0.29, 0.717) is 6.42 Å². The zero-order chi connectivity index (χ0) is 23.5. The van der Waals surface area contributed by atoms with Gasteiger partial charge in [0.1, 0.15) is 11.9 Å². The Morgan fingerprint density at radius 3 is 1.88 bits per heavy atom. The van der Waals surface area contributed by atoms with Crippen LogP contribution in [-0.2, 0) is 9.53 Å². The number of carbonyl (C=O) groups is 1. The molecule has 174 valence electrons. The summed E-state index contributed by atoms with van der Waals surface area (Å²) >= 11 is 0. The summed E-state index contributed by atoms with van der Waals surface area (Å²) < 4.78 is 11.0. The molecule has 0 N–H and O–H groups in total. The van der Waals surface area contributed by atoms with E-state index >= 15 is 0 Å². The molecule has 0 aliphatic heterocycles. The second kappa shape index (κ2) is 12.8. The van der Waals surface area contributed by atoms with E-state index in [1.165, 1.54) is 36.8 Å². The van der Waals surface area contributed by atoms with Crippen LogP contribution in [0.4, 0.5) is 0 Å². The fourth-order valence-corrected chi connectivity index (χ4v) is 4.06. The summed E-state index contributed by atoms with van der Waals surface area (Å²) in [6, 6.07) is 24.8. The molecule has 1 atom stereocenters. The predicted octanol–water partition coefficient (Wildman–Crippen LogP) is 8.38. The van der Waals surface area contributed by atoms with Crippen molar-refractivity contribution in [3.63, 3.8) is 0 Å². The minimum Gasteiger partial charge on any atom is -0.497 e. The minimum atomic E-state index is -0.247. The first-order valence-corrected chi connectivity index (χ1v) is 12.2. The van der Waals surface area contributed by atoms with Crippen molar-refractivity contribution >= 4 is 5.97 Å². The Hall–Kier alpha value is -3.07. The molecular weight excluding hydrogens is 408 g/mol. The van der Waals surface area contributed by atoms with Crippen molar-refractivity contribution in [2.75, 3.05) is 7.11 Å². The Kier molecular flexibility index (Phi) is 9.56. The van der Waals surface area contributed by atoms with Gasteiger partial charge in [-0.3, -0.25) is 4.79 Å². The average molecular weight is 445 g/mol. The van der Waals surface area contributed by atoms with Crippen LogP contribution in [0.1, 0.15) is 70.5 Å². The third-order valence-electron chi connectivity index (χ3n) is 6.06. The summed E-state index contributed by atoms with van der Waals surface area (Å²) in [5.74, 6) is 0.743. The van der Waals surface area contributed by atoms with Crippen molar-refractivity contribution in [2.45, 2.75) is 64.9 Å². The molecule has 33 heavy (non-hydrogen) atoms. The van der Waals surface area contributed by atoms with Crippen LogP contribution >= 0.6 is 0 Å². The predicted molar refractivity (Wildman–Crippen MR) is 136 cm³/mol. The first-order valence-electron chi connectivity index (χ1n) is 12.2. The summed E-state index contributed by atoms with van der Waals surface area (Å²) in [6.07, 6.45) is 7.26. The lowest BCUT2D eigenvalue weighted by Crippen LogP contribution is -2.08. The van der Waals surface area contributed by atoms with Gasteiger partial charge in [0, 0.05) is 6.42 Å². The molecule has 0 aromatic heterocycles. The van der Waals surface area contributed by atoms with Gasteiger partial charge in [-0.05, 0) is 53.3 Å². The lowest BCUT2D eigenvalue weighted by Gasteiger charge is -2.15. The number of unbranched alkanes of at least 4 members (excludes halogenated alkanes) is 5. The molecule has 3 nitrogen and oxygen atoms in total. The highest BCUT2D eigenvalue weighted by molar-refractivity contribution is 5.83. The fourth-order valence-electron chi connectivity index (χ4n) is 4.06. The summed E-state index contributed by atoms with van der Waals surface area (Å²) in [7, 11) is 1.68. The van der Waals surface area contributed by atoms with E-state index in [1.54, 1.807) is 7.11 Å². The molecule has 0 aliphatic rings. The molecule has 0 heterocycles. The van der Waals surface area contributed by atoms with Crippen LogP contribution in [0.15, 0.2) is 72.8 Å². The first kappa shape index (κ1) is 24.6. The zero-order valence-electron chi connectivity index (χ0n) is 20.2. The number of methoxy groups -OCH3 is 1. The van der Waals surface area contributed by atoms with Gasteiger partial charge in [-0.1, -0.05) is 99.7 Å². The average Bonchev–Trinajstić information content (AvgIpc) is 2.86. The van der Waals surface area contributed by atoms with Crippen LogP contribution in [0.3, 0.4) is 0 Å². The second-order valence-electron chi connectivity index (χ2n) is 8.55. The fraction of sp³-hybridized carbons (Fsp3) is 0.367. The maximum absolute atomic E-state index is 12.2. The van der Waals surface area contributed by atoms with Gasteiger partial charge in [-0.2, -0.15) is 0 Å². The smallest absolute Gasteiger partial charge is 0.306 e. The maximum atomic E-state index is 12.2. The van der Waals surface area contributed by atoms with Crippen molar-refractivity contribution in [1.82, 2.24) is 0 Å². The first-order chi connectivity index (χ1) is 16.1. The molecule has 0 radical (unpaired) electrons. The monoisotopic (exact) mass is 444 g/mol. The Bertz CT molecular complexity index is 990. The van der Waals surface area contributed by atoms with Crippen molar-refractivity contribution < 1.29 is 14.3 Å². The summed E-state index contributed by atoms with van der Waals surface area (Å²) in [4.78, 5) is 12.2. The quantitative estimate of drug-likeness (QED) is 0.208. The molecule has 0 spiro atoms. The van der Waals surface area contributed by atoms with Gasteiger partial charge in [-0.25, -0.2) is 0 Å². The van der Waals surface area contributed by atoms with E-state index < -0.39 is 0 Å². The van der Waals surface area contributed by atoms with Crippen LogP contribution in [0, 0.1) is 0 Å². The minimum absolute atomic E-state index is 0.105. The lowest BCUT2D eigenvalue weighted by molar-refractivity contribution is -0.148. The topological polar surface area (TPSA) is 35.5 Å². The number of hydrogen-bond acceptors (Lipinski definition) is 3. The number of benzene rings is 3. The Labute approximate surface area is 198 Å². The maximum Gasteiger partial charge on any atom is 0.306 e. The van der Waals surface area contributed by atoms with Gasteiger partial charge in [0.2, 0.25) is 0 Å². The highest BCUT2D eigenvalue weighted by atomic mass is 16.5. The number of rotatable bonds is 12. The summed E-state index contributed by atoms with van der Waals surface area (Å²) in [5.41, 5.74) is 5.63. The normalized spacial score (nSPS) is 11.7. The Morgan fingerprint density at radius 1 is 0.758 bits per heavy atom. The van der Waals surface area contributed by atoms with E-state index in [0.717, 1.165) is 35.3 Å². The van der Waals surface area contributed by atoms with Gasteiger partial charge in [-0.15, -0.1) is 0 Å². The number of ether oxygens (including phenoxy) is 2. The van der Waals surface area contributed by atoms with Crippen molar-refractivity contribution in [2.24, 2.45) is 0 Å². The molecule has 1 unspecified atom stereocenters. The van der Waals surface area contributed by atoms with Crippen LogP contribution in [-0.4, -0.2) is 13.1 Å². The molecule has 3 heteroatoms. The van der Waals surface area contributed by atoms with Gasteiger partial charge in [0.15, 0.2) is 0 Å². The molecule has 0 amide bonds. The van der Waals surface area contributed by atoms with Gasteiger partial charge < -0.3 is 9.47 Å². The van der Waals surface area contributed by atoms with Crippen molar-refractivity contribution in [1.29, 1.82) is 0 Å². The van der Waals surface area contributed by atoms with E-state index in [1.807, 2.05) is 19.1 Å². The molecule has 0 aliphatic carbocycles. The number of carbonyl (C=O) groups excluding carboxylic acids is 1. The van der Waals surface area contributed by atoms with Crippen molar-refractivity contribution in [3.05, 3.63) is 78.4 Å². The molecule has 3 aromatic carbocycles. The summed E-state index contributed by atoms with van der Waals surface area (Å²) in [6.45, 7) is 4.16. The van der Waals surface area contributed by atoms with Gasteiger partial charge >= 0.3 is 5.97 Å². The molecule has 0 bridgehead atoms. The molecule has 0 fully saturated rings. The molecule has 3 aromatic rings. The van der Waals surface area contributed by atoms with E-state index in [4.69, 9.17) is 9.47 Å². The molecule has 3 rings (SSSR count). The Morgan fingerprint density at radius 2 is 1.30 bits per heavy atom. The van der Waals surface area contributed by atoms with E-state index in [9.17, 15) is 4.79 Å². The van der Waals surface area contributed by atoms with Crippen LogP contribution in [0.2, 0.25) is 0 Å². The molecule has 0 saturated heterocycles. The molecular formula is C30H36O3. The van der Waals surface area contributed by atoms with Crippen LogP contribution in [0.25, 0.3) is 22.3 Å². The third kappa shape index (κ3) is 7.21. The Balaban J connectivity index is 1.61. The summed E-state index contributed by atoms with van der Waals surface area (Å²) in [5, 5.41) is 0. The van der Waals surface area contributed by atoms with Crippen molar-refractivity contribution in [3.8, 4) is 28.0 Å². The van der Waals surface area contributed by atoms with Crippen LogP contribution < -0.4 is 4.74 Å². The zero-order valence-corrected chi connectivity index (χ0v) is 20.2. The second-order valence-corrected chi connectivity index (χ2v) is 8.55. The van der Waals surface area contributed by atoms with Gasteiger partial charge in [0.05, 0.1) is 7.11 Å². The van der Waals surface area contributed by atoms with Crippen LogP contribution in [0.5, 0.6) is 5.75 Å². The molecule has 0 saturated carbocycles. The highest BCUT2D eigenvalue weighted by Gasteiger charge is 2.13.